The number of Topliss-reactive ketones (excluding diaryl/α,β-unsaturated/α-hetero) is 1. The molecule has 2 fully saturated rings. The first-order valence-electron chi connectivity index (χ1n) is 4.58. The molecule has 0 radical (unpaired) electrons. The van der Waals surface area contributed by atoms with Gasteiger partial charge in [0.05, 0.1) is 0 Å². The van der Waals surface area contributed by atoms with Crippen molar-refractivity contribution in [1.82, 2.24) is 0 Å². The average molecular weight is 152 g/mol. The van der Waals surface area contributed by atoms with E-state index in [1.165, 1.54) is 12.8 Å². The summed E-state index contributed by atoms with van der Waals surface area (Å²) in [6, 6.07) is 0. The fraction of sp³-hybridized carbons (Fsp3) is 0.900. The number of fused-ring (bicyclic) bond motifs is 1. The van der Waals surface area contributed by atoms with Crippen LogP contribution in [-0.2, 0) is 4.79 Å². The lowest BCUT2D eigenvalue weighted by atomic mass is 9.89. The van der Waals surface area contributed by atoms with Crippen molar-refractivity contribution in [2.24, 2.45) is 17.3 Å². The van der Waals surface area contributed by atoms with E-state index < -0.39 is 0 Å². The number of rotatable bonds is 0. The van der Waals surface area contributed by atoms with E-state index in [1.54, 1.807) is 0 Å². The molecule has 2 aliphatic rings. The molecule has 0 aromatic carbocycles. The van der Waals surface area contributed by atoms with E-state index in [0.29, 0.717) is 11.2 Å². The first-order valence-corrected chi connectivity index (χ1v) is 4.58. The van der Waals surface area contributed by atoms with E-state index in [9.17, 15) is 4.79 Å². The third-order valence-corrected chi connectivity index (χ3v) is 3.28. The maximum Gasteiger partial charge on any atom is 0.133 e. The van der Waals surface area contributed by atoms with Crippen molar-refractivity contribution in [3.05, 3.63) is 0 Å². The van der Waals surface area contributed by atoms with Gasteiger partial charge in [-0.2, -0.15) is 0 Å². The summed E-state index contributed by atoms with van der Waals surface area (Å²) < 4.78 is 0. The summed E-state index contributed by atoms with van der Waals surface area (Å²) >= 11 is 0. The summed E-state index contributed by atoms with van der Waals surface area (Å²) in [7, 11) is 0. The van der Waals surface area contributed by atoms with Crippen LogP contribution in [0.3, 0.4) is 0 Å². The van der Waals surface area contributed by atoms with Crippen LogP contribution < -0.4 is 0 Å². The highest BCUT2D eigenvalue weighted by atomic mass is 16.1. The molecule has 0 aromatic heterocycles. The van der Waals surface area contributed by atoms with Crippen LogP contribution in [0.25, 0.3) is 0 Å². The third-order valence-electron chi connectivity index (χ3n) is 3.28. The van der Waals surface area contributed by atoms with Gasteiger partial charge in [0.25, 0.3) is 0 Å². The molecular weight excluding hydrogens is 136 g/mol. The lowest BCUT2D eigenvalue weighted by molar-refractivity contribution is -0.118. The molecule has 0 saturated heterocycles. The van der Waals surface area contributed by atoms with Crippen molar-refractivity contribution in [2.45, 2.75) is 39.5 Å². The Morgan fingerprint density at radius 1 is 1.18 bits per heavy atom. The number of ketones is 1. The number of hydrogen-bond acceptors (Lipinski definition) is 1. The minimum atomic E-state index is 0.510. The highest BCUT2D eigenvalue weighted by Gasteiger charge is 2.44. The predicted octanol–water partition coefficient (Wildman–Crippen LogP) is 2.40. The summed E-state index contributed by atoms with van der Waals surface area (Å²) in [5, 5.41) is 0. The van der Waals surface area contributed by atoms with Crippen LogP contribution in [-0.4, -0.2) is 5.78 Å². The monoisotopic (exact) mass is 152 g/mol. The lowest BCUT2D eigenvalue weighted by Crippen LogP contribution is -2.07. The Bertz CT molecular complexity index is 175. The van der Waals surface area contributed by atoms with Crippen LogP contribution >= 0.6 is 0 Å². The first kappa shape index (κ1) is 7.33. The number of carbonyl (C=O) groups excluding carboxylic acids is 1. The Balaban J connectivity index is 2.09. The quantitative estimate of drug-likeness (QED) is 0.521. The molecule has 0 spiro atoms. The average Bonchev–Trinajstić information content (AvgIpc) is 2.17. The molecule has 62 valence electrons. The fourth-order valence-corrected chi connectivity index (χ4v) is 2.98. The van der Waals surface area contributed by atoms with Crippen LogP contribution in [0.15, 0.2) is 0 Å². The van der Waals surface area contributed by atoms with Crippen molar-refractivity contribution in [1.29, 1.82) is 0 Å². The molecule has 11 heavy (non-hydrogen) atoms. The van der Waals surface area contributed by atoms with Crippen molar-refractivity contribution >= 4 is 5.78 Å². The zero-order chi connectivity index (χ0) is 8.06. The van der Waals surface area contributed by atoms with Gasteiger partial charge in [-0.15, -0.1) is 0 Å². The second kappa shape index (κ2) is 2.09. The maximum absolute atomic E-state index is 11.1. The van der Waals surface area contributed by atoms with E-state index in [4.69, 9.17) is 0 Å². The minimum Gasteiger partial charge on any atom is -0.300 e. The van der Waals surface area contributed by atoms with Gasteiger partial charge in [-0.05, 0) is 30.1 Å². The predicted molar refractivity (Wildman–Crippen MR) is 44.2 cm³/mol. The van der Waals surface area contributed by atoms with Crippen LogP contribution in [0, 0.1) is 17.3 Å². The Kier molecular flexibility index (Phi) is 1.39. The molecule has 0 heterocycles. The zero-order valence-electron chi connectivity index (χ0n) is 7.39. The van der Waals surface area contributed by atoms with Crippen LogP contribution in [0.1, 0.15) is 39.5 Å². The largest absolute Gasteiger partial charge is 0.300 e. The summed E-state index contributed by atoms with van der Waals surface area (Å²) in [4.78, 5) is 11.1. The summed E-state index contributed by atoms with van der Waals surface area (Å²) in [6.07, 6.45) is 4.33. The van der Waals surface area contributed by atoms with Gasteiger partial charge in [-0.25, -0.2) is 0 Å². The molecule has 0 N–H and O–H groups in total. The zero-order valence-corrected chi connectivity index (χ0v) is 7.39. The van der Waals surface area contributed by atoms with Gasteiger partial charge in [-0.1, -0.05) is 13.8 Å². The molecule has 2 aliphatic carbocycles. The van der Waals surface area contributed by atoms with E-state index in [-0.39, 0.29) is 0 Å². The Hall–Kier alpha value is -0.330. The molecule has 0 amide bonds. The minimum absolute atomic E-state index is 0.510. The van der Waals surface area contributed by atoms with Crippen molar-refractivity contribution < 1.29 is 4.79 Å². The fourth-order valence-electron chi connectivity index (χ4n) is 2.98. The highest BCUT2D eigenvalue weighted by molar-refractivity contribution is 5.81. The molecule has 0 bridgehead atoms. The molecule has 2 atom stereocenters. The number of carbonyl (C=O) groups is 1. The van der Waals surface area contributed by atoms with Gasteiger partial charge in [0.2, 0.25) is 0 Å². The SMILES string of the molecule is CC1(C)C[C@@H]2CC(=O)C[C@H]2C1. The molecule has 1 heteroatoms. The normalized spacial score (nSPS) is 41.1. The van der Waals surface area contributed by atoms with Crippen LogP contribution in [0.2, 0.25) is 0 Å². The van der Waals surface area contributed by atoms with Gasteiger partial charge >= 0.3 is 0 Å². The van der Waals surface area contributed by atoms with E-state index >= 15 is 0 Å². The summed E-state index contributed by atoms with van der Waals surface area (Å²) in [5.74, 6) is 2.01. The summed E-state index contributed by atoms with van der Waals surface area (Å²) in [6.45, 7) is 4.66. The maximum atomic E-state index is 11.1. The molecule has 2 rings (SSSR count). The lowest BCUT2D eigenvalue weighted by Gasteiger charge is -2.17. The molecule has 0 unspecified atom stereocenters. The first-order chi connectivity index (χ1) is 5.07. The van der Waals surface area contributed by atoms with Gasteiger partial charge in [0.1, 0.15) is 5.78 Å². The topological polar surface area (TPSA) is 17.1 Å². The molecule has 2 saturated carbocycles. The Labute approximate surface area is 68.2 Å². The smallest absolute Gasteiger partial charge is 0.133 e. The Morgan fingerprint density at radius 3 is 2.09 bits per heavy atom. The van der Waals surface area contributed by atoms with Gasteiger partial charge < -0.3 is 0 Å². The second-order valence-corrected chi connectivity index (χ2v) is 5.04. The molecule has 1 nitrogen and oxygen atoms in total. The van der Waals surface area contributed by atoms with E-state index in [0.717, 1.165) is 24.7 Å². The van der Waals surface area contributed by atoms with Gasteiger partial charge in [0.15, 0.2) is 0 Å². The van der Waals surface area contributed by atoms with Gasteiger partial charge in [0, 0.05) is 12.8 Å². The van der Waals surface area contributed by atoms with Crippen molar-refractivity contribution in [3.63, 3.8) is 0 Å². The molecular formula is C10H16O. The standard InChI is InChI=1S/C10H16O/c1-10(2)5-7-3-9(11)4-8(7)6-10/h7-8H,3-6H2,1-2H3/t7-,8-/m0/s1. The Morgan fingerprint density at radius 2 is 1.64 bits per heavy atom. The summed E-state index contributed by atoms with van der Waals surface area (Å²) in [5.41, 5.74) is 0.524. The molecule has 0 aromatic rings. The van der Waals surface area contributed by atoms with Gasteiger partial charge in [-0.3, -0.25) is 4.79 Å². The van der Waals surface area contributed by atoms with Crippen molar-refractivity contribution in [3.8, 4) is 0 Å². The third kappa shape index (κ3) is 1.21. The van der Waals surface area contributed by atoms with E-state index in [2.05, 4.69) is 13.8 Å². The highest BCUT2D eigenvalue weighted by Crippen LogP contribution is 2.51. The number of hydrogen-bond donors (Lipinski definition) is 0. The molecule has 0 aliphatic heterocycles. The van der Waals surface area contributed by atoms with Crippen molar-refractivity contribution in [2.75, 3.05) is 0 Å². The van der Waals surface area contributed by atoms with Crippen LogP contribution in [0.5, 0.6) is 0 Å². The van der Waals surface area contributed by atoms with Crippen LogP contribution in [0.4, 0.5) is 0 Å². The van der Waals surface area contributed by atoms with E-state index in [1.807, 2.05) is 0 Å². The second-order valence-electron chi connectivity index (χ2n) is 5.04.